The zero-order chi connectivity index (χ0) is 17.7. The molecule has 0 aliphatic heterocycles. The second-order valence-electron chi connectivity index (χ2n) is 5.54. The first-order valence-electron chi connectivity index (χ1n) is 7.37. The number of thiophene rings is 1. The van der Waals surface area contributed by atoms with Crippen molar-refractivity contribution < 1.29 is 19.4 Å². The molecule has 1 atom stereocenters. The van der Waals surface area contributed by atoms with Crippen molar-refractivity contribution in [1.82, 2.24) is 5.32 Å². The molecule has 1 amide bonds. The Labute approximate surface area is 152 Å². The Morgan fingerprint density at radius 2 is 2.08 bits per heavy atom. The molecule has 0 radical (unpaired) electrons. The molecular formula is C17H18BrNO4S. The van der Waals surface area contributed by atoms with E-state index in [1.54, 1.807) is 17.4 Å². The molecule has 0 saturated carbocycles. The van der Waals surface area contributed by atoms with E-state index in [4.69, 9.17) is 4.74 Å². The van der Waals surface area contributed by atoms with Gasteiger partial charge in [-0.05, 0) is 35.6 Å². The number of esters is 1. The van der Waals surface area contributed by atoms with Gasteiger partial charge >= 0.3 is 5.97 Å². The maximum Gasteiger partial charge on any atom is 0.342 e. The molecule has 1 aromatic heterocycles. The Bertz CT molecular complexity index is 715. The largest absolute Gasteiger partial charge is 0.507 e. The molecule has 2 N–H and O–H groups in total. The maximum atomic E-state index is 12.1. The number of aromatic hydroxyl groups is 1. The average molecular weight is 412 g/mol. The SMILES string of the molecule is CC(C)C(NC(=O)COC(=O)c1cc(Br)ccc1O)c1cccs1. The van der Waals surface area contributed by atoms with Crippen LogP contribution in [0.1, 0.15) is 35.1 Å². The monoisotopic (exact) mass is 411 g/mol. The Morgan fingerprint density at radius 1 is 1.33 bits per heavy atom. The van der Waals surface area contributed by atoms with Crippen LogP contribution in [-0.4, -0.2) is 23.6 Å². The van der Waals surface area contributed by atoms with Gasteiger partial charge in [0.2, 0.25) is 0 Å². The lowest BCUT2D eigenvalue weighted by molar-refractivity contribution is -0.125. The molecule has 2 rings (SSSR count). The molecule has 0 saturated heterocycles. The van der Waals surface area contributed by atoms with Crippen molar-refractivity contribution in [2.24, 2.45) is 5.92 Å². The van der Waals surface area contributed by atoms with Gasteiger partial charge in [0, 0.05) is 9.35 Å². The number of rotatable bonds is 6. The molecule has 7 heteroatoms. The summed E-state index contributed by atoms with van der Waals surface area (Å²) >= 11 is 4.78. The summed E-state index contributed by atoms with van der Waals surface area (Å²) in [5, 5.41) is 14.5. The number of carbonyl (C=O) groups excluding carboxylic acids is 2. The highest BCUT2D eigenvalue weighted by atomic mass is 79.9. The zero-order valence-corrected chi connectivity index (χ0v) is 15.7. The van der Waals surface area contributed by atoms with Crippen molar-refractivity contribution in [1.29, 1.82) is 0 Å². The van der Waals surface area contributed by atoms with Crippen molar-refractivity contribution in [2.75, 3.05) is 6.61 Å². The molecule has 0 aliphatic rings. The summed E-state index contributed by atoms with van der Waals surface area (Å²) in [6.07, 6.45) is 0. The number of halogens is 1. The third-order valence-corrected chi connectivity index (χ3v) is 4.79. The summed E-state index contributed by atoms with van der Waals surface area (Å²) in [6, 6.07) is 8.19. The highest BCUT2D eigenvalue weighted by Gasteiger charge is 2.21. The summed E-state index contributed by atoms with van der Waals surface area (Å²) in [7, 11) is 0. The van der Waals surface area contributed by atoms with Crippen LogP contribution in [0.4, 0.5) is 0 Å². The van der Waals surface area contributed by atoms with Gasteiger partial charge in [-0.1, -0.05) is 35.8 Å². The van der Waals surface area contributed by atoms with E-state index in [-0.39, 0.29) is 29.2 Å². The number of nitrogens with one attached hydrogen (secondary N) is 1. The van der Waals surface area contributed by atoms with Crippen LogP contribution in [-0.2, 0) is 9.53 Å². The third kappa shape index (κ3) is 4.82. The van der Waals surface area contributed by atoms with Crippen LogP contribution in [0.15, 0.2) is 40.2 Å². The Hall–Kier alpha value is -1.86. The van der Waals surface area contributed by atoms with Crippen molar-refractivity contribution >= 4 is 39.1 Å². The maximum absolute atomic E-state index is 12.1. The van der Waals surface area contributed by atoms with Gasteiger partial charge in [0.1, 0.15) is 11.3 Å². The molecule has 0 aliphatic carbocycles. The van der Waals surface area contributed by atoms with E-state index >= 15 is 0 Å². The fourth-order valence-corrected chi connectivity index (χ4v) is 3.44. The van der Waals surface area contributed by atoms with E-state index in [9.17, 15) is 14.7 Å². The van der Waals surface area contributed by atoms with E-state index in [0.29, 0.717) is 4.47 Å². The van der Waals surface area contributed by atoms with E-state index < -0.39 is 12.6 Å². The molecular weight excluding hydrogens is 394 g/mol. The van der Waals surface area contributed by atoms with Crippen molar-refractivity contribution in [3.05, 3.63) is 50.6 Å². The normalized spacial score (nSPS) is 12.0. The molecule has 0 bridgehead atoms. The molecule has 0 spiro atoms. The van der Waals surface area contributed by atoms with Gasteiger partial charge < -0.3 is 15.2 Å². The third-order valence-electron chi connectivity index (χ3n) is 3.35. The number of amides is 1. The summed E-state index contributed by atoms with van der Waals surface area (Å²) in [6.45, 7) is 3.62. The lowest BCUT2D eigenvalue weighted by atomic mass is 10.0. The minimum absolute atomic E-state index is 0.0100. The molecule has 2 aromatic rings. The van der Waals surface area contributed by atoms with Gasteiger partial charge in [-0.15, -0.1) is 11.3 Å². The standard InChI is InChI=1S/C17H18BrNO4S/c1-10(2)16(14-4-3-7-24-14)19-15(21)9-23-17(22)12-8-11(18)5-6-13(12)20/h3-8,10,16,20H,9H2,1-2H3,(H,19,21). The topological polar surface area (TPSA) is 75.6 Å². The summed E-state index contributed by atoms with van der Waals surface area (Å²) < 4.78 is 5.63. The minimum Gasteiger partial charge on any atom is -0.507 e. The molecule has 0 fully saturated rings. The first-order chi connectivity index (χ1) is 11.4. The van der Waals surface area contributed by atoms with Gasteiger partial charge in [-0.2, -0.15) is 0 Å². The number of benzene rings is 1. The van der Waals surface area contributed by atoms with E-state index in [1.807, 2.05) is 31.4 Å². The summed E-state index contributed by atoms with van der Waals surface area (Å²) in [4.78, 5) is 25.1. The quantitative estimate of drug-likeness (QED) is 0.706. The lowest BCUT2D eigenvalue weighted by Gasteiger charge is -2.21. The average Bonchev–Trinajstić information content (AvgIpc) is 3.06. The number of ether oxygens (including phenoxy) is 1. The van der Waals surface area contributed by atoms with Gasteiger partial charge in [-0.3, -0.25) is 4.79 Å². The smallest absolute Gasteiger partial charge is 0.342 e. The van der Waals surface area contributed by atoms with E-state index in [2.05, 4.69) is 21.2 Å². The number of hydrogen-bond donors (Lipinski definition) is 2. The number of phenolic OH excluding ortho intramolecular Hbond substituents is 1. The van der Waals surface area contributed by atoms with Gasteiger partial charge in [0.05, 0.1) is 6.04 Å². The molecule has 1 heterocycles. The zero-order valence-electron chi connectivity index (χ0n) is 13.3. The first kappa shape index (κ1) is 18.5. The Kier molecular flexibility index (Phi) is 6.39. The fourth-order valence-electron chi connectivity index (χ4n) is 2.13. The first-order valence-corrected chi connectivity index (χ1v) is 9.04. The van der Waals surface area contributed by atoms with Gasteiger partial charge in [0.25, 0.3) is 5.91 Å². The van der Waals surface area contributed by atoms with Crippen molar-refractivity contribution in [3.63, 3.8) is 0 Å². The number of phenols is 1. The summed E-state index contributed by atoms with van der Waals surface area (Å²) in [5.41, 5.74) is 0.0100. The predicted octanol–water partition coefficient (Wildman–Crippen LogP) is 3.89. The van der Waals surface area contributed by atoms with Crippen LogP contribution >= 0.6 is 27.3 Å². The minimum atomic E-state index is -0.749. The molecule has 1 unspecified atom stereocenters. The van der Waals surface area contributed by atoms with Gasteiger partial charge in [0.15, 0.2) is 6.61 Å². The molecule has 128 valence electrons. The van der Waals surface area contributed by atoms with Crippen LogP contribution < -0.4 is 5.32 Å². The van der Waals surface area contributed by atoms with Crippen molar-refractivity contribution in [2.45, 2.75) is 19.9 Å². The Morgan fingerprint density at radius 3 is 2.71 bits per heavy atom. The van der Waals surface area contributed by atoms with E-state index in [0.717, 1.165) is 4.88 Å². The van der Waals surface area contributed by atoms with Crippen LogP contribution in [0, 0.1) is 5.92 Å². The van der Waals surface area contributed by atoms with Crippen LogP contribution in [0.3, 0.4) is 0 Å². The number of carbonyl (C=O) groups is 2. The molecule has 5 nitrogen and oxygen atoms in total. The predicted molar refractivity (Wildman–Crippen MR) is 96.1 cm³/mol. The van der Waals surface area contributed by atoms with Crippen LogP contribution in [0.5, 0.6) is 5.75 Å². The van der Waals surface area contributed by atoms with Crippen LogP contribution in [0.25, 0.3) is 0 Å². The van der Waals surface area contributed by atoms with Gasteiger partial charge in [-0.25, -0.2) is 4.79 Å². The second-order valence-corrected chi connectivity index (χ2v) is 7.44. The molecule has 1 aromatic carbocycles. The fraction of sp³-hybridized carbons (Fsp3) is 0.294. The molecule has 24 heavy (non-hydrogen) atoms. The summed E-state index contributed by atoms with van der Waals surface area (Å²) in [5.74, 6) is -1.12. The van der Waals surface area contributed by atoms with E-state index in [1.165, 1.54) is 12.1 Å². The lowest BCUT2D eigenvalue weighted by Crippen LogP contribution is -2.34. The number of hydrogen-bond acceptors (Lipinski definition) is 5. The highest BCUT2D eigenvalue weighted by Crippen LogP contribution is 2.26. The second kappa shape index (κ2) is 8.30. The van der Waals surface area contributed by atoms with Crippen molar-refractivity contribution in [3.8, 4) is 5.75 Å². The Balaban J connectivity index is 1.95. The highest BCUT2D eigenvalue weighted by molar-refractivity contribution is 9.10. The van der Waals surface area contributed by atoms with Crippen LogP contribution in [0.2, 0.25) is 0 Å².